The third kappa shape index (κ3) is 4.00. The molecule has 0 aliphatic carbocycles. The smallest absolute Gasteiger partial charge is 0.251 e. The number of piperidine rings is 1. The summed E-state index contributed by atoms with van der Waals surface area (Å²) in [4.78, 5) is 16.2. The molecule has 7 heteroatoms. The molecule has 0 atom stereocenters. The fraction of sp³-hybridized carbons (Fsp3) is 0.348. The highest BCUT2D eigenvalue weighted by Crippen LogP contribution is 2.23. The SMILES string of the molecule is Cc1[nH]c2ccc(C(=O)NCc3ccc(S(=O)(=O)N4CCCCC4)cc3)cc2c1C. The average molecular weight is 426 g/mol. The number of aromatic amines is 1. The Hall–Kier alpha value is -2.64. The maximum Gasteiger partial charge on any atom is 0.251 e. The molecule has 1 aliphatic rings. The van der Waals surface area contributed by atoms with E-state index in [1.165, 1.54) is 0 Å². The summed E-state index contributed by atoms with van der Waals surface area (Å²) in [5, 5.41) is 3.97. The van der Waals surface area contributed by atoms with Crippen LogP contribution in [0.15, 0.2) is 47.4 Å². The summed E-state index contributed by atoms with van der Waals surface area (Å²) >= 11 is 0. The van der Waals surface area contributed by atoms with Crippen LogP contribution in [0.25, 0.3) is 10.9 Å². The van der Waals surface area contributed by atoms with E-state index in [2.05, 4.69) is 10.3 Å². The minimum Gasteiger partial charge on any atom is -0.358 e. The molecule has 1 amide bonds. The Bertz CT molecular complexity index is 1170. The zero-order chi connectivity index (χ0) is 21.3. The minimum absolute atomic E-state index is 0.153. The fourth-order valence-electron chi connectivity index (χ4n) is 3.92. The van der Waals surface area contributed by atoms with Gasteiger partial charge in [-0.3, -0.25) is 4.79 Å². The number of hydrogen-bond acceptors (Lipinski definition) is 3. The zero-order valence-electron chi connectivity index (χ0n) is 17.4. The van der Waals surface area contributed by atoms with Crippen LogP contribution in [0.3, 0.4) is 0 Å². The minimum atomic E-state index is -3.43. The second kappa shape index (κ2) is 8.24. The molecule has 30 heavy (non-hydrogen) atoms. The molecular formula is C23H27N3O3S. The van der Waals surface area contributed by atoms with Gasteiger partial charge in [0.25, 0.3) is 5.91 Å². The predicted molar refractivity (Wildman–Crippen MR) is 118 cm³/mol. The number of benzene rings is 2. The Balaban J connectivity index is 1.42. The van der Waals surface area contributed by atoms with Gasteiger partial charge in [0.05, 0.1) is 4.90 Å². The lowest BCUT2D eigenvalue weighted by molar-refractivity contribution is 0.0951. The van der Waals surface area contributed by atoms with Crippen molar-refractivity contribution in [1.29, 1.82) is 0 Å². The fourth-order valence-corrected chi connectivity index (χ4v) is 5.44. The van der Waals surface area contributed by atoms with Gasteiger partial charge in [-0.15, -0.1) is 0 Å². The van der Waals surface area contributed by atoms with Crippen LogP contribution in [-0.2, 0) is 16.6 Å². The lowest BCUT2D eigenvalue weighted by Crippen LogP contribution is -2.35. The van der Waals surface area contributed by atoms with E-state index in [0.717, 1.165) is 47.0 Å². The van der Waals surface area contributed by atoms with Crippen LogP contribution in [0.4, 0.5) is 0 Å². The number of amides is 1. The lowest BCUT2D eigenvalue weighted by Gasteiger charge is -2.25. The molecule has 0 spiro atoms. The van der Waals surface area contributed by atoms with Crippen molar-refractivity contribution < 1.29 is 13.2 Å². The summed E-state index contributed by atoms with van der Waals surface area (Å²) in [6.45, 7) is 5.57. The standard InChI is InChI=1S/C23H27N3O3S/c1-16-17(2)25-22-11-8-19(14-21(16)22)23(27)24-15-18-6-9-20(10-7-18)30(28,29)26-12-4-3-5-13-26/h6-11,14,25H,3-5,12-13,15H2,1-2H3,(H,24,27). The Morgan fingerprint density at radius 2 is 1.73 bits per heavy atom. The number of H-pyrrole nitrogens is 1. The number of aromatic nitrogens is 1. The quantitative estimate of drug-likeness (QED) is 0.651. The number of aryl methyl sites for hydroxylation is 2. The monoisotopic (exact) mass is 425 g/mol. The maximum absolute atomic E-state index is 12.7. The first-order valence-electron chi connectivity index (χ1n) is 10.3. The van der Waals surface area contributed by atoms with Gasteiger partial charge in [-0.25, -0.2) is 8.42 Å². The molecule has 1 aromatic heterocycles. The molecule has 2 N–H and O–H groups in total. The van der Waals surface area contributed by atoms with E-state index in [4.69, 9.17) is 0 Å². The van der Waals surface area contributed by atoms with E-state index >= 15 is 0 Å². The molecule has 6 nitrogen and oxygen atoms in total. The third-order valence-corrected chi connectivity index (χ3v) is 7.81. The van der Waals surface area contributed by atoms with Crippen LogP contribution in [0.1, 0.15) is 46.4 Å². The molecule has 2 aromatic carbocycles. The number of sulfonamides is 1. The molecule has 4 rings (SSSR count). The molecule has 1 fully saturated rings. The lowest BCUT2D eigenvalue weighted by atomic mass is 10.1. The van der Waals surface area contributed by atoms with Crippen LogP contribution in [0.2, 0.25) is 0 Å². The van der Waals surface area contributed by atoms with Crippen LogP contribution in [-0.4, -0.2) is 36.7 Å². The summed E-state index contributed by atoms with van der Waals surface area (Å²) < 4.78 is 27.0. The molecule has 3 aromatic rings. The number of nitrogens with zero attached hydrogens (tertiary/aromatic N) is 1. The Morgan fingerprint density at radius 1 is 1.03 bits per heavy atom. The van der Waals surface area contributed by atoms with Gasteiger partial charge in [-0.1, -0.05) is 18.6 Å². The van der Waals surface area contributed by atoms with E-state index in [9.17, 15) is 13.2 Å². The van der Waals surface area contributed by atoms with Crippen molar-refractivity contribution in [1.82, 2.24) is 14.6 Å². The van der Waals surface area contributed by atoms with Crippen LogP contribution in [0.5, 0.6) is 0 Å². The van der Waals surface area contributed by atoms with E-state index < -0.39 is 10.0 Å². The molecular weight excluding hydrogens is 398 g/mol. The summed E-state index contributed by atoms with van der Waals surface area (Å²) in [5.41, 5.74) is 4.73. The Morgan fingerprint density at radius 3 is 2.43 bits per heavy atom. The second-order valence-electron chi connectivity index (χ2n) is 7.93. The highest BCUT2D eigenvalue weighted by Gasteiger charge is 2.25. The number of fused-ring (bicyclic) bond motifs is 1. The van der Waals surface area contributed by atoms with Crippen molar-refractivity contribution in [3.05, 3.63) is 64.8 Å². The number of carbonyl (C=O) groups is 1. The summed E-state index contributed by atoms with van der Waals surface area (Å²) in [5.74, 6) is -0.153. The predicted octanol–water partition coefficient (Wildman–Crippen LogP) is 3.89. The van der Waals surface area contributed by atoms with E-state index in [0.29, 0.717) is 30.1 Å². The van der Waals surface area contributed by atoms with Crippen molar-refractivity contribution in [3.8, 4) is 0 Å². The largest absolute Gasteiger partial charge is 0.358 e. The Labute approximate surface area is 177 Å². The van der Waals surface area contributed by atoms with Gasteiger partial charge in [0.15, 0.2) is 0 Å². The maximum atomic E-state index is 12.7. The molecule has 0 unspecified atom stereocenters. The van der Waals surface area contributed by atoms with Crippen LogP contribution < -0.4 is 5.32 Å². The van der Waals surface area contributed by atoms with Crippen molar-refractivity contribution >= 4 is 26.8 Å². The molecule has 1 saturated heterocycles. The van der Waals surface area contributed by atoms with Crippen LogP contribution in [0, 0.1) is 13.8 Å². The van der Waals surface area contributed by atoms with Gasteiger partial charge in [0.1, 0.15) is 0 Å². The molecule has 0 bridgehead atoms. The summed E-state index contributed by atoms with van der Waals surface area (Å²) in [6, 6.07) is 12.4. The van der Waals surface area contributed by atoms with Gasteiger partial charge in [0, 0.05) is 41.8 Å². The molecule has 0 radical (unpaired) electrons. The topological polar surface area (TPSA) is 82.3 Å². The average Bonchev–Trinajstić information content (AvgIpc) is 3.06. The summed E-state index contributed by atoms with van der Waals surface area (Å²) in [6.07, 6.45) is 2.91. The number of hydrogen-bond donors (Lipinski definition) is 2. The Kier molecular flexibility index (Phi) is 5.66. The first kappa shape index (κ1) is 20.6. The molecule has 2 heterocycles. The second-order valence-corrected chi connectivity index (χ2v) is 9.86. The molecule has 0 saturated carbocycles. The van der Waals surface area contributed by atoms with Crippen molar-refractivity contribution in [3.63, 3.8) is 0 Å². The van der Waals surface area contributed by atoms with Crippen LogP contribution >= 0.6 is 0 Å². The molecule has 158 valence electrons. The normalized spacial score (nSPS) is 15.4. The van der Waals surface area contributed by atoms with Gasteiger partial charge in [-0.05, 0) is 68.1 Å². The third-order valence-electron chi connectivity index (χ3n) is 5.90. The first-order valence-corrected chi connectivity index (χ1v) is 11.8. The van der Waals surface area contributed by atoms with Crippen molar-refractivity contribution in [2.45, 2.75) is 44.6 Å². The summed E-state index contributed by atoms with van der Waals surface area (Å²) in [7, 11) is -3.43. The van der Waals surface area contributed by atoms with Crippen molar-refractivity contribution in [2.75, 3.05) is 13.1 Å². The number of carbonyl (C=O) groups excluding carboxylic acids is 1. The number of nitrogens with one attached hydrogen (secondary N) is 2. The van der Waals surface area contributed by atoms with Gasteiger partial charge in [0.2, 0.25) is 10.0 Å². The van der Waals surface area contributed by atoms with Gasteiger partial charge >= 0.3 is 0 Å². The number of rotatable bonds is 5. The van der Waals surface area contributed by atoms with E-state index in [1.54, 1.807) is 34.6 Å². The molecule has 1 aliphatic heterocycles. The van der Waals surface area contributed by atoms with Crippen molar-refractivity contribution in [2.24, 2.45) is 0 Å². The van der Waals surface area contributed by atoms with Gasteiger partial charge in [-0.2, -0.15) is 4.31 Å². The van der Waals surface area contributed by atoms with E-state index in [-0.39, 0.29) is 5.91 Å². The highest BCUT2D eigenvalue weighted by atomic mass is 32.2. The first-order chi connectivity index (χ1) is 14.4. The van der Waals surface area contributed by atoms with Gasteiger partial charge < -0.3 is 10.3 Å². The van der Waals surface area contributed by atoms with E-state index in [1.807, 2.05) is 26.0 Å². The highest BCUT2D eigenvalue weighted by molar-refractivity contribution is 7.89. The zero-order valence-corrected chi connectivity index (χ0v) is 18.2.